The molecule has 0 saturated heterocycles. The number of imidazole rings is 1. The third-order valence-electron chi connectivity index (χ3n) is 3.13. The molecule has 2 heterocycles. The van der Waals surface area contributed by atoms with Gasteiger partial charge in [-0.15, -0.1) is 11.3 Å². The molecule has 0 aliphatic rings. The second kappa shape index (κ2) is 5.62. The molecule has 0 radical (unpaired) electrons. The van der Waals surface area contributed by atoms with Crippen LogP contribution in [-0.4, -0.2) is 26.7 Å². The van der Waals surface area contributed by atoms with E-state index in [1.165, 1.54) is 0 Å². The van der Waals surface area contributed by atoms with Crippen molar-refractivity contribution in [1.29, 1.82) is 0 Å². The maximum absolute atomic E-state index is 9.42. The lowest BCUT2D eigenvalue weighted by molar-refractivity contribution is 0.425. The standard InChI is InChI=1S/C14H13BN2O2S/c18-15(19)12-5-2-1-4-11(12)10-17-8-7-16-14(17)13-6-3-9-20-13/h1-9,18-19H,10H2. The van der Waals surface area contributed by atoms with E-state index in [9.17, 15) is 10.0 Å². The Kier molecular flexibility index (Phi) is 3.69. The molecule has 20 heavy (non-hydrogen) atoms. The van der Waals surface area contributed by atoms with Crippen LogP contribution in [0, 0.1) is 0 Å². The van der Waals surface area contributed by atoms with Crippen molar-refractivity contribution in [2.75, 3.05) is 0 Å². The lowest BCUT2D eigenvalue weighted by atomic mass is 9.77. The molecule has 3 aromatic rings. The highest BCUT2D eigenvalue weighted by Gasteiger charge is 2.16. The number of thiophene rings is 1. The molecular weight excluding hydrogens is 271 g/mol. The monoisotopic (exact) mass is 284 g/mol. The van der Waals surface area contributed by atoms with Gasteiger partial charge in [-0.25, -0.2) is 4.98 Å². The summed E-state index contributed by atoms with van der Waals surface area (Å²) in [7, 11) is -1.46. The second-order valence-electron chi connectivity index (χ2n) is 4.43. The van der Waals surface area contributed by atoms with Gasteiger partial charge in [0.25, 0.3) is 0 Å². The van der Waals surface area contributed by atoms with E-state index < -0.39 is 7.12 Å². The Balaban J connectivity index is 1.95. The van der Waals surface area contributed by atoms with Crippen LogP contribution in [0.15, 0.2) is 54.2 Å². The van der Waals surface area contributed by atoms with Gasteiger partial charge in [0.05, 0.1) is 4.88 Å². The number of nitrogens with zero attached hydrogens (tertiary/aromatic N) is 2. The molecule has 0 aliphatic heterocycles. The van der Waals surface area contributed by atoms with E-state index >= 15 is 0 Å². The number of hydrogen-bond acceptors (Lipinski definition) is 4. The minimum Gasteiger partial charge on any atom is -0.423 e. The van der Waals surface area contributed by atoms with Gasteiger partial charge in [0, 0.05) is 18.9 Å². The minimum atomic E-state index is -1.46. The van der Waals surface area contributed by atoms with Crippen molar-refractivity contribution < 1.29 is 10.0 Å². The molecule has 2 N–H and O–H groups in total. The van der Waals surface area contributed by atoms with Crippen molar-refractivity contribution in [2.24, 2.45) is 0 Å². The zero-order chi connectivity index (χ0) is 13.9. The van der Waals surface area contributed by atoms with Crippen molar-refractivity contribution in [3.8, 4) is 10.7 Å². The van der Waals surface area contributed by atoms with Crippen molar-refractivity contribution in [2.45, 2.75) is 6.54 Å². The Labute approximate surface area is 121 Å². The Bertz CT molecular complexity index is 695. The van der Waals surface area contributed by atoms with E-state index in [0.717, 1.165) is 16.3 Å². The van der Waals surface area contributed by atoms with Crippen molar-refractivity contribution in [1.82, 2.24) is 9.55 Å². The molecular formula is C14H13BN2O2S. The summed E-state index contributed by atoms with van der Waals surface area (Å²) in [5, 5.41) is 20.9. The molecule has 0 bridgehead atoms. The topological polar surface area (TPSA) is 58.3 Å². The molecule has 0 fully saturated rings. The third kappa shape index (κ3) is 2.53. The van der Waals surface area contributed by atoms with Gasteiger partial charge in [0.15, 0.2) is 0 Å². The van der Waals surface area contributed by atoms with Crippen LogP contribution < -0.4 is 5.46 Å². The highest BCUT2D eigenvalue weighted by molar-refractivity contribution is 7.13. The Morgan fingerprint density at radius 1 is 1.15 bits per heavy atom. The predicted molar refractivity (Wildman–Crippen MR) is 80.9 cm³/mol. The van der Waals surface area contributed by atoms with Gasteiger partial charge >= 0.3 is 7.12 Å². The second-order valence-corrected chi connectivity index (χ2v) is 5.38. The molecule has 0 atom stereocenters. The molecule has 0 spiro atoms. The van der Waals surface area contributed by atoms with Crippen LogP contribution in [-0.2, 0) is 6.54 Å². The van der Waals surface area contributed by atoms with Crippen molar-refractivity contribution in [3.05, 3.63) is 59.7 Å². The fourth-order valence-corrected chi connectivity index (χ4v) is 2.92. The predicted octanol–water partition coefficient (Wildman–Crippen LogP) is 1.34. The summed E-state index contributed by atoms with van der Waals surface area (Å²) in [5.41, 5.74) is 1.40. The largest absolute Gasteiger partial charge is 0.488 e. The van der Waals surface area contributed by atoms with E-state index in [0.29, 0.717) is 12.0 Å². The molecule has 0 aliphatic carbocycles. The summed E-state index contributed by atoms with van der Waals surface area (Å²) in [5.74, 6) is 0.891. The molecule has 4 nitrogen and oxygen atoms in total. The minimum absolute atomic E-state index is 0.526. The van der Waals surface area contributed by atoms with Gasteiger partial charge in [0.2, 0.25) is 0 Å². The van der Waals surface area contributed by atoms with Crippen LogP contribution in [0.3, 0.4) is 0 Å². The maximum atomic E-state index is 9.42. The van der Waals surface area contributed by atoms with Gasteiger partial charge < -0.3 is 14.6 Å². The van der Waals surface area contributed by atoms with Gasteiger partial charge in [0.1, 0.15) is 5.82 Å². The summed E-state index contributed by atoms with van der Waals surface area (Å²) in [6.07, 6.45) is 3.66. The van der Waals surface area contributed by atoms with Crippen LogP contribution in [0.4, 0.5) is 0 Å². The van der Waals surface area contributed by atoms with E-state index in [-0.39, 0.29) is 0 Å². The number of aromatic nitrogens is 2. The zero-order valence-corrected chi connectivity index (χ0v) is 11.5. The van der Waals surface area contributed by atoms with Crippen molar-refractivity contribution in [3.63, 3.8) is 0 Å². The fraction of sp³-hybridized carbons (Fsp3) is 0.0714. The van der Waals surface area contributed by atoms with Crippen LogP contribution >= 0.6 is 11.3 Å². The first kappa shape index (κ1) is 13.1. The third-order valence-corrected chi connectivity index (χ3v) is 4.00. The van der Waals surface area contributed by atoms with Crippen molar-refractivity contribution >= 4 is 23.9 Å². The zero-order valence-electron chi connectivity index (χ0n) is 10.7. The van der Waals surface area contributed by atoms with E-state index in [1.807, 2.05) is 40.4 Å². The molecule has 6 heteroatoms. The van der Waals surface area contributed by atoms with E-state index in [4.69, 9.17) is 0 Å². The Morgan fingerprint density at radius 3 is 2.75 bits per heavy atom. The first-order chi connectivity index (χ1) is 9.75. The van der Waals surface area contributed by atoms with Gasteiger partial charge in [-0.2, -0.15) is 0 Å². The summed E-state index contributed by atoms with van der Waals surface area (Å²) >= 11 is 1.63. The molecule has 3 rings (SSSR count). The number of rotatable bonds is 4. The lowest BCUT2D eigenvalue weighted by Crippen LogP contribution is -2.33. The molecule has 0 unspecified atom stereocenters. The molecule has 100 valence electrons. The van der Waals surface area contributed by atoms with Gasteiger partial charge in [-0.05, 0) is 22.5 Å². The lowest BCUT2D eigenvalue weighted by Gasteiger charge is -2.11. The summed E-state index contributed by atoms with van der Waals surface area (Å²) < 4.78 is 2.01. The maximum Gasteiger partial charge on any atom is 0.488 e. The fourth-order valence-electron chi connectivity index (χ4n) is 2.18. The van der Waals surface area contributed by atoms with Crippen LogP contribution in [0.2, 0.25) is 0 Å². The van der Waals surface area contributed by atoms with Crippen LogP contribution in [0.5, 0.6) is 0 Å². The first-order valence-electron chi connectivity index (χ1n) is 6.24. The Morgan fingerprint density at radius 2 is 2.00 bits per heavy atom. The highest BCUT2D eigenvalue weighted by atomic mass is 32.1. The number of hydrogen-bond donors (Lipinski definition) is 2. The molecule has 2 aromatic heterocycles. The Hall–Kier alpha value is -1.89. The van der Waals surface area contributed by atoms with Gasteiger partial charge in [-0.3, -0.25) is 0 Å². The van der Waals surface area contributed by atoms with Crippen LogP contribution in [0.1, 0.15) is 5.56 Å². The summed E-state index contributed by atoms with van der Waals surface area (Å²) in [4.78, 5) is 5.47. The summed E-state index contributed by atoms with van der Waals surface area (Å²) in [6, 6.07) is 11.3. The smallest absolute Gasteiger partial charge is 0.423 e. The molecule has 0 amide bonds. The first-order valence-corrected chi connectivity index (χ1v) is 7.12. The quantitative estimate of drug-likeness (QED) is 0.711. The normalized spacial score (nSPS) is 10.7. The van der Waals surface area contributed by atoms with Crippen LogP contribution in [0.25, 0.3) is 10.7 Å². The number of benzene rings is 1. The van der Waals surface area contributed by atoms with E-state index in [1.54, 1.807) is 29.7 Å². The summed E-state index contributed by atoms with van der Waals surface area (Å²) in [6.45, 7) is 0.557. The molecule has 1 aromatic carbocycles. The van der Waals surface area contributed by atoms with Gasteiger partial charge in [-0.1, -0.05) is 30.3 Å². The SMILES string of the molecule is OB(O)c1ccccc1Cn1ccnc1-c1cccs1. The average Bonchev–Trinajstić information content (AvgIpc) is 3.09. The average molecular weight is 284 g/mol. The van der Waals surface area contributed by atoms with E-state index in [2.05, 4.69) is 4.98 Å². The molecule has 0 saturated carbocycles. The highest BCUT2D eigenvalue weighted by Crippen LogP contribution is 2.23.